The van der Waals surface area contributed by atoms with Gasteiger partial charge in [0.25, 0.3) is 5.91 Å². The largest absolute Gasteiger partial charge is 0.328 e. The molecule has 0 radical (unpaired) electrons. The number of amides is 3. The van der Waals surface area contributed by atoms with Gasteiger partial charge in [-0.15, -0.1) is 0 Å². The molecule has 7 nitrogen and oxygen atoms in total. The summed E-state index contributed by atoms with van der Waals surface area (Å²) in [6, 6.07) is 17.8. The third kappa shape index (κ3) is 3.34. The first-order chi connectivity index (χ1) is 15.0. The Morgan fingerprint density at radius 3 is 2.48 bits per heavy atom. The molecule has 2 atom stereocenters. The number of anilines is 1. The molecule has 3 aliphatic heterocycles. The molecule has 0 saturated carbocycles. The molecule has 2 unspecified atom stereocenters. The van der Waals surface area contributed by atoms with E-state index in [0.29, 0.717) is 6.54 Å². The number of aryl methyl sites for hydroxylation is 2. The molecule has 7 heteroatoms. The lowest BCUT2D eigenvalue weighted by molar-refractivity contribution is -0.137. The molecule has 0 aromatic heterocycles. The summed E-state index contributed by atoms with van der Waals surface area (Å²) >= 11 is 0. The summed E-state index contributed by atoms with van der Waals surface area (Å²) < 4.78 is 0. The van der Waals surface area contributed by atoms with Crippen LogP contribution in [0.1, 0.15) is 17.5 Å². The fourth-order valence-electron chi connectivity index (χ4n) is 4.70. The van der Waals surface area contributed by atoms with Crippen molar-refractivity contribution in [2.75, 3.05) is 31.6 Å². The summed E-state index contributed by atoms with van der Waals surface area (Å²) in [6.07, 6.45) is 1.12. The standard InChI is InChI=1S/C24H27N5O2/c1-17-10-12-19(13-11-17)27-15-16-28-20-21(25-23(27)28)26(2)24(31)29(22(20)30)14-6-9-18-7-4-3-5-8-18/h3-5,7-8,10-13,20-21H,6,9,14-16H2,1-2H3. The zero-order valence-corrected chi connectivity index (χ0v) is 17.9. The highest BCUT2D eigenvalue weighted by molar-refractivity contribution is 6.07. The maximum Gasteiger partial charge on any atom is 0.328 e. The van der Waals surface area contributed by atoms with Crippen LogP contribution in [0.25, 0.3) is 0 Å². The first-order valence-electron chi connectivity index (χ1n) is 10.9. The van der Waals surface area contributed by atoms with Crippen molar-refractivity contribution >= 4 is 23.6 Å². The van der Waals surface area contributed by atoms with Crippen LogP contribution >= 0.6 is 0 Å². The van der Waals surface area contributed by atoms with E-state index in [1.165, 1.54) is 16.0 Å². The van der Waals surface area contributed by atoms with Crippen molar-refractivity contribution in [2.24, 2.45) is 4.99 Å². The molecule has 3 amide bonds. The van der Waals surface area contributed by atoms with Gasteiger partial charge in [-0.1, -0.05) is 48.0 Å². The van der Waals surface area contributed by atoms with Crippen LogP contribution in [0.2, 0.25) is 0 Å². The molecule has 2 saturated heterocycles. The third-order valence-corrected chi connectivity index (χ3v) is 6.41. The minimum Gasteiger partial charge on any atom is -0.325 e. The lowest BCUT2D eigenvalue weighted by Crippen LogP contribution is -2.64. The van der Waals surface area contributed by atoms with Gasteiger partial charge < -0.3 is 14.7 Å². The molecular weight excluding hydrogens is 390 g/mol. The smallest absolute Gasteiger partial charge is 0.325 e. The van der Waals surface area contributed by atoms with E-state index in [9.17, 15) is 9.59 Å². The number of hydrogen-bond donors (Lipinski definition) is 0. The van der Waals surface area contributed by atoms with Crippen LogP contribution in [0.4, 0.5) is 10.5 Å². The minimum absolute atomic E-state index is 0.134. The van der Waals surface area contributed by atoms with Gasteiger partial charge in [-0.2, -0.15) is 0 Å². The van der Waals surface area contributed by atoms with E-state index < -0.39 is 12.2 Å². The Bertz CT molecular complexity index is 1020. The SMILES string of the molecule is Cc1ccc(N2CCN3C2=NC2C3C(=O)N(CCCc3ccccc3)C(=O)N2C)cc1. The molecule has 2 fully saturated rings. The van der Waals surface area contributed by atoms with Crippen LogP contribution in [0.3, 0.4) is 0 Å². The van der Waals surface area contributed by atoms with E-state index in [2.05, 4.69) is 53.1 Å². The highest BCUT2D eigenvalue weighted by Crippen LogP contribution is 2.33. The van der Waals surface area contributed by atoms with Gasteiger partial charge in [0.05, 0.1) is 0 Å². The van der Waals surface area contributed by atoms with Crippen LogP contribution in [0, 0.1) is 6.92 Å². The fraction of sp³-hybridized carbons (Fsp3) is 0.375. The highest BCUT2D eigenvalue weighted by atomic mass is 16.2. The molecule has 0 aliphatic carbocycles. The van der Waals surface area contributed by atoms with Crippen LogP contribution in [0.15, 0.2) is 59.6 Å². The zero-order chi connectivity index (χ0) is 21.5. The first kappa shape index (κ1) is 19.6. The van der Waals surface area contributed by atoms with Crippen LogP contribution < -0.4 is 4.90 Å². The molecule has 5 rings (SSSR count). The van der Waals surface area contributed by atoms with Gasteiger partial charge in [-0.3, -0.25) is 9.69 Å². The number of likely N-dealkylation sites (N-methyl/N-ethyl adjacent to an activating group) is 1. The van der Waals surface area contributed by atoms with Crippen molar-refractivity contribution in [3.8, 4) is 0 Å². The van der Waals surface area contributed by atoms with Crippen molar-refractivity contribution in [1.29, 1.82) is 0 Å². The van der Waals surface area contributed by atoms with E-state index in [4.69, 9.17) is 4.99 Å². The highest BCUT2D eigenvalue weighted by Gasteiger charge is 2.54. The Kier molecular flexibility index (Phi) is 4.88. The number of imide groups is 1. The lowest BCUT2D eigenvalue weighted by atomic mass is 10.1. The summed E-state index contributed by atoms with van der Waals surface area (Å²) in [6.45, 7) is 3.99. The Labute approximate surface area is 182 Å². The van der Waals surface area contributed by atoms with Gasteiger partial charge in [0, 0.05) is 32.4 Å². The monoisotopic (exact) mass is 417 g/mol. The number of rotatable bonds is 5. The Balaban J connectivity index is 1.33. The molecule has 160 valence electrons. The first-order valence-corrected chi connectivity index (χ1v) is 10.9. The molecule has 2 aromatic carbocycles. The quantitative estimate of drug-likeness (QED) is 0.751. The maximum atomic E-state index is 13.4. The topological polar surface area (TPSA) is 59.5 Å². The Morgan fingerprint density at radius 1 is 1.00 bits per heavy atom. The predicted octanol–water partition coefficient (Wildman–Crippen LogP) is 2.71. The predicted molar refractivity (Wildman–Crippen MR) is 120 cm³/mol. The molecule has 2 aromatic rings. The number of nitrogens with zero attached hydrogens (tertiary/aromatic N) is 5. The van der Waals surface area contributed by atoms with Crippen LogP contribution in [0.5, 0.6) is 0 Å². The van der Waals surface area contributed by atoms with Gasteiger partial charge in [-0.05, 0) is 37.5 Å². The van der Waals surface area contributed by atoms with Crippen LogP contribution in [-0.4, -0.2) is 71.5 Å². The summed E-state index contributed by atoms with van der Waals surface area (Å²) in [5, 5.41) is 0. The number of benzene rings is 2. The van der Waals surface area contributed by atoms with Gasteiger partial charge >= 0.3 is 6.03 Å². The Morgan fingerprint density at radius 2 is 1.74 bits per heavy atom. The normalized spacial score (nSPS) is 22.7. The van der Waals surface area contributed by atoms with Gasteiger partial charge in [-0.25, -0.2) is 9.79 Å². The second kappa shape index (κ2) is 7.72. The lowest BCUT2D eigenvalue weighted by Gasteiger charge is -2.40. The molecule has 3 aliphatic rings. The van der Waals surface area contributed by atoms with E-state index in [0.717, 1.165) is 37.6 Å². The van der Waals surface area contributed by atoms with E-state index in [1.807, 2.05) is 18.2 Å². The van der Waals surface area contributed by atoms with Gasteiger partial charge in [0.15, 0.2) is 12.2 Å². The Hall–Kier alpha value is -3.35. The van der Waals surface area contributed by atoms with Gasteiger partial charge in [0.1, 0.15) is 0 Å². The number of urea groups is 1. The minimum atomic E-state index is -0.464. The number of guanidine groups is 1. The zero-order valence-electron chi connectivity index (χ0n) is 17.9. The van der Waals surface area contributed by atoms with Gasteiger partial charge in [0.2, 0.25) is 5.96 Å². The molecular formula is C24H27N5O2. The number of fused-ring (bicyclic) bond motifs is 3. The number of aliphatic imine (C=N–C) groups is 1. The van der Waals surface area contributed by atoms with Crippen molar-refractivity contribution in [3.63, 3.8) is 0 Å². The van der Waals surface area contributed by atoms with E-state index in [1.54, 1.807) is 11.9 Å². The average molecular weight is 418 g/mol. The summed E-state index contributed by atoms with van der Waals surface area (Å²) in [4.78, 5) is 38.4. The van der Waals surface area contributed by atoms with Crippen molar-refractivity contribution < 1.29 is 9.59 Å². The average Bonchev–Trinajstić information content (AvgIpc) is 3.35. The van der Waals surface area contributed by atoms with Crippen molar-refractivity contribution in [3.05, 3.63) is 65.7 Å². The van der Waals surface area contributed by atoms with Crippen molar-refractivity contribution in [2.45, 2.75) is 32.0 Å². The maximum absolute atomic E-state index is 13.4. The second-order valence-electron chi connectivity index (χ2n) is 8.44. The van der Waals surface area contributed by atoms with E-state index >= 15 is 0 Å². The molecule has 3 heterocycles. The molecule has 0 bridgehead atoms. The number of carbonyl (C=O) groups is 2. The summed E-state index contributed by atoms with van der Waals surface area (Å²) in [5.74, 6) is 0.656. The third-order valence-electron chi connectivity index (χ3n) is 6.41. The second-order valence-corrected chi connectivity index (χ2v) is 8.44. The summed E-state index contributed by atoms with van der Waals surface area (Å²) in [7, 11) is 1.75. The van der Waals surface area contributed by atoms with E-state index in [-0.39, 0.29) is 11.9 Å². The summed E-state index contributed by atoms with van der Waals surface area (Å²) in [5.41, 5.74) is 3.48. The molecule has 0 N–H and O–H groups in total. The number of hydrogen-bond acceptors (Lipinski definition) is 5. The fourth-order valence-corrected chi connectivity index (χ4v) is 4.70. The van der Waals surface area contributed by atoms with Crippen LogP contribution in [-0.2, 0) is 11.2 Å². The van der Waals surface area contributed by atoms with Crippen molar-refractivity contribution in [1.82, 2.24) is 14.7 Å². The molecule has 0 spiro atoms. The number of carbonyl (C=O) groups excluding carboxylic acids is 2. The molecule has 31 heavy (non-hydrogen) atoms.